The van der Waals surface area contributed by atoms with Crippen molar-refractivity contribution in [3.05, 3.63) is 0 Å². The van der Waals surface area contributed by atoms with Crippen molar-refractivity contribution < 1.29 is 54.7 Å². The summed E-state index contributed by atoms with van der Waals surface area (Å²) in [5.74, 6) is 0.345. The third-order valence-electron chi connectivity index (χ3n) is 4.33. The molecule has 0 saturated carbocycles. The Morgan fingerprint density at radius 3 is 1.88 bits per heavy atom. The number of rotatable bonds is 7. The molecular formula is C14H26O11S. The topological polar surface area (TPSA) is 179 Å². The van der Waals surface area contributed by atoms with Gasteiger partial charge in [-0.3, -0.25) is 0 Å². The number of aliphatic hydroxyl groups excluding tert-OH is 7. The van der Waals surface area contributed by atoms with E-state index in [9.17, 15) is 35.7 Å². The van der Waals surface area contributed by atoms with Gasteiger partial charge in [-0.25, -0.2) is 0 Å². The van der Waals surface area contributed by atoms with Crippen LogP contribution in [-0.2, 0) is 18.9 Å². The smallest absolute Gasteiger partial charge is 0.187 e. The predicted octanol–water partition coefficient (Wildman–Crippen LogP) is -4.44. The molecule has 2 rings (SSSR count). The number of ether oxygens (including phenoxy) is 4. The van der Waals surface area contributed by atoms with Gasteiger partial charge in [-0.05, 0) is 0 Å². The molecule has 4 unspecified atom stereocenters. The second kappa shape index (κ2) is 9.91. The van der Waals surface area contributed by atoms with E-state index in [-0.39, 0.29) is 6.61 Å². The lowest BCUT2D eigenvalue weighted by Gasteiger charge is -2.45. The predicted molar refractivity (Wildman–Crippen MR) is 86.2 cm³/mol. The van der Waals surface area contributed by atoms with Crippen LogP contribution in [0, 0.1) is 0 Å². The van der Waals surface area contributed by atoms with E-state index in [2.05, 4.69) is 12.6 Å². The lowest BCUT2D eigenvalue weighted by Crippen LogP contribution is -2.64. The average molecular weight is 402 g/mol. The zero-order valence-electron chi connectivity index (χ0n) is 13.8. The second-order valence-corrected chi connectivity index (χ2v) is 6.55. The van der Waals surface area contributed by atoms with Crippen molar-refractivity contribution in [2.24, 2.45) is 0 Å². The Morgan fingerprint density at radius 2 is 1.31 bits per heavy atom. The normalized spacial score (nSPS) is 47.1. The number of thiol groups is 1. The van der Waals surface area contributed by atoms with Crippen LogP contribution < -0.4 is 0 Å². The SMILES string of the molecule is OCC1O[C@@H](OCCS)C(O)[C@@H](O)[C@@H]1O[C@@H]1OC(CO)[C@H](O)[C@H](O)C1O. The van der Waals surface area contributed by atoms with E-state index in [0.717, 1.165) is 0 Å². The van der Waals surface area contributed by atoms with E-state index in [1.54, 1.807) is 0 Å². The maximum atomic E-state index is 10.3. The number of hydrogen-bond donors (Lipinski definition) is 8. The molecule has 2 saturated heterocycles. The first-order valence-electron chi connectivity index (χ1n) is 8.16. The molecule has 26 heavy (non-hydrogen) atoms. The lowest BCUT2D eigenvalue weighted by atomic mass is 9.97. The highest BCUT2D eigenvalue weighted by molar-refractivity contribution is 7.80. The Labute approximate surface area is 155 Å². The first-order chi connectivity index (χ1) is 12.3. The molecule has 0 radical (unpaired) electrons. The summed E-state index contributed by atoms with van der Waals surface area (Å²) in [7, 11) is 0. The van der Waals surface area contributed by atoms with Crippen molar-refractivity contribution in [1.82, 2.24) is 0 Å². The minimum Gasteiger partial charge on any atom is -0.394 e. The fourth-order valence-electron chi connectivity index (χ4n) is 2.86. The van der Waals surface area contributed by atoms with Gasteiger partial charge < -0.3 is 54.7 Å². The monoisotopic (exact) mass is 402 g/mol. The third kappa shape index (κ3) is 4.66. The molecule has 0 bridgehead atoms. The van der Waals surface area contributed by atoms with E-state index in [0.29, 0.717) is 5.75 Å². The Hall–Kier alpha value is -0.0900. The molecule has 2 aliphatic rings. The first-order valence-corrected chi connectivity index (χ1v) is 8.79. The Balaban J connectivity index is 2.09. The van der Waals surface area contributed by atoms with Gasteiger partial charge in [0.15, 0.2) is 12.6 Å². The summed E-state index contributed by atoms with van der Waals surface area (Å²) < 4.78 is 21.2. The van der Waals surface area contributed by atoms with Crippen molar-refractivity contribution in [3.63, 3.8) is 0 Å². The van der Waals surface area contributed by atoms with Crippen molar-refractivity contribution in [1.29, 1.82) is 0 Å². The van der Waals surface area contributed by atoms with E-state index in [1.807, 2.05) is 0 Å². The van der Waals surface area contributed by atoms with Crippen LogP contribution in [0.4, 0.5) is 0 Å². The van der Waals surface area contributed by atoms with Gasteiger partial charge in [0.05, 0.1) is 19.8 Å². The highest BCUT2D eigenvalue weighted by Crippen LogP contribution is 2.29. The van der Waals surface area contributed by atoms with Crippen molar-refractivity contribution in [2.45, 2.75) is 61.4 Å². The van der Waals surface area contributed by atoms with Crippen LogP contribution in [0.1, 0.15) is 0 Å². The highest BCUT2D eigenvalue weighted by Gasteiger charge is 2.50. The molecule has 154 valence electrons. The van der Waals surface area contributed by atoms with Crippen LogP contribution in [0.25, 0.3) is 0 Å². The van der Waals surface area contributed by atoms with Gasteiger partial charge in [0.25, 0.3) is 0 Å². The van der Waals surface area contributed by atoms with Crippen LogP contribution in [0.15, 0.2) is 0 Å². The van der Waals surface area contributed by atoms with Crippen LogP contribution >= 0.6 is 12.6 Å². The van der Waals surface area contributed by atoms with Crippen LogP contribution in [0.3, 0.4) is 0 Å². The summed E-state index contributed by atoms with van der Waals surface area (Å²) in [6.45, 7) is -1.12. The summed E-state index contributed by atoms with van der Waals surface area (Å²) in [5.41, 5.74) is 0. The summed E-state index contributed by atoms with van der Waals surface area (Å²) in [6, 6.07) is 0. The lowest BCUT2D eigenvalue weighted by molar-refractivity contribution is -0.359. The van der Waals surface area contributed by atoms with Gasteiger partial charge in [0, 0.05) is 5.75 Å². The fraction of sp³-hybridized carbons (Fsp3) is 1.00. The summed E-state index contributed by atoms with van der Waals surface area (Å²) in [4.78, 5) is 0. The summed E-state index contributed by atoms with van der Waals surface area (Å²) in [5, 5.41) is 68.7. The molecule has 0 amide bonds. The summed E-state index contributed by atoms with van der Waals surface area (Å²) >= 11 is 3.96. The largest absolute Gasteiger partial charge is 0.394 e. The minimum atomic E-state index is -1.70. The third-order valence-corrected chi connectivity index (χ3v) is 4.52. The minimum absolute atomic E-state index is 0.133. The van der Waals surface area contributed by atoms with Gasteiger partial charge in [-0.15, -0.1) is 0 Å². The molecule has 0 aliphatic carbocycles. The first kappa shape index (κ1) is 22.2. The van der Waals surface area contributed by atoms with E-state index in [4.69, 9.17) is 18.9 Å². The van der Waals surface area contributed by atoms with Crippen molar-refractivity contribution >= 4 is 12.6 Å². The van der Waals surface area contributed by atoms with E-state index >= 15 is 0 Å². The van der Waals surface area contributed by atoms with E-state index in [1.165, 1.54) is 0 Å². The summed E-state index contributed by atoms with van der Waals surface area (Å²) in [6.07, 6.45) is -14.5. The molecule has 2 heterocycles. The number of hydrogen-bond acceptors (Lipinski definition) is 12. The van der Waals surface area contributed by atoms with Gasteiger partial charge >= 0.3 is 0 Å². The maximum absolute atomic E-state index is 10.3. The van der Waals surface area contributed by atoms with Crippen molar-refractivity contribution in [3.8, 4) is 0 Å². The Morgan fingerprint density at radius 1 is 0.731 bits per heavy atom. The molecule has 11 nitrogen and oxygen atoms in total. The van der Waals surface area contributed by atoms with Gasteiger partial charge in [0.2, 0.25) is 0 Å². The molecule has 2 aliphatic heterocycles. The Kier molecular flexibility index (Phi) is 8.46. The standard InChI is InChI=1S/C14H26O11S/c15-3-5-7(17)8(18)10(20)14(23-5)25-12-6(4-16)24-13(22-1-2-26)11(21)9(12)19/h5-21,26H,1-4H2/t5?,6?,7-,8-,9+,10?,11?,12+,13+,14-/m0/s1. The molecule has 7 N–H and O–H groups in total. The Bertz CT molecular complexity index is 426. The molecule has 0 spiro atoms. The quantitative estimate of drug-likeness (QED) is 0.193. The van der Waals surface area contributed by atoms with Crippen LogP contribution in [0.2, 0.25) is 0 Å². The van der Waals surface area contributed by atoms with Gasteiger partial charge in [0.1, 0.15) is 48.8 Å². The number of aliphatic hydroxyl groups is 7. The average Bonchev–Trinajstić information content (AvgIpc) is 2.64. The molecule has 10 atom stereocenters. The second-order valence-electron chi connectivity index (χ2n) is 6.10. The highest BCUT2D eigenvalue weighted by atomic mass is 32.1. The molecular weight excluding hydrogens is 376 g/mol. The van der Waals surface area contributed by atoms with Crippen LogP contribution in [-0.4, -0.2) is 123 Å². The molecule has 2 fully saturated rings. The van der Waals surface area contributed by atoms with Crippen LogP contribution in [0.5, 0.6) is 0 Å². The van der Waals surface area contributed by atoms with E-state index < -0.39 is 74.6 Å². The molecule has 12 heteroatoms. The van der Waals surface area contributed by atoms with Crippen molar-refractivity contribution in [2.75, 3.05) is 25.6 Å². The fourth-order valence-corrected chi connectivity index (χ4v) is 2.97. The molecule has 0 aromatic heterocycles. The molecule has 0 aromatic rings. The maximum Gasteiger partial charge on any atom is 0.187 e. The molecule has 0 aromatic carbocycles. The van der Waals surface area contributed by atoms with Gasteiger partial charge in [-0.2, -0.15) is 12.6 Å². The zero-order valence-corrected chi connectivity index (χ0v) is 14.7. The van der Waals surface area contributed by atoms with Gasteiger partial charge in [-0.1, -0.05) is 0 Å². The zero-order chi connectivity index (χ0) is 19.4.